The summed E-state index contributed by atoms with van der Waals surface area (Å²) in [4.78, 5) is 0. The van der Waals surface area contributed by atoms with Crippen LogP contribution in [0.3, 0.4) is 0 Å². The van der Waals surface area contributed by atoms with Crippen LogP contribution in [0.25, 0.3) is 0 Å². The molecule has 0 bridgehead atoms. The van der Waals surface area contributed by atoms with Crippen molar-refractivity contribution < 1.29 is 8.42 Å². The predicted octanol–water partition coefficient (Wildman–Crippen LogP) is 2.50. The van der Waals surface area contributed by atoms with Crippen LogP contribution in [-0.4, -0.2) is 8.42 Å². The van der Waals surface area contributed by atoms with Crippen molar-refractivity contribution in [2.45, 2.75) is 18.4 Å². The van der Waals surface area contributed by atoms with Gasteiger partial charge in [0, 0.05) is 9.88 Å². The molecule has 1 aromatic rings. The Morgan fingerprint density at radius 3 is 2.62 bits per heavy atom. The Balaban J connectivity index is 2.31. The summed E-state index contributed by atoms with van der Waals surface area (Å²) in [6.45, 7) is 3.30. The van der Waals surface area contributed by atoms with Crippen LogP contribution in [0.5, 0.6) is 0 Å². The van der Waals surface area contributed by atoms with Crippen LogP contribution >= 0.6 is 15.9 Å². The molecule has 0 spiro atoms. The molecule has 0 radical (unpaired) electrons. The van der Waals surface area contributed by atoms with Crippen LogP contribution in [0, 0.1) is 0 Å². The highest BCUT2D eigenvalue weighted by molar-refractivity contribution is 9.10. The highest BCUT2D eigenvalue weighted by Crippen LogP contribution is 2.46. The minimum absolute atomic E-state index is 0.420. The summed E-state index contributed by atoms with van der Waals surface area (Å²) in [5, 5.41) is 0.949. The van der Waals surface area contributed by atoms with E-state index in [0.29, 0.717) is 0 Å². The van der Waals surface area contributed by atoms with Gasteiger partial charge < -0.3 is 0 Å². The second-order valence-electron chi connectivity index (χ2n) is 3.91. The molecule has 0 heterocycles. The van der Waals surface area contributed by atoms with E-state index >= 15 is 0 Å². The van der Waals surface area contributed by atoms with Gasteiger partial charge in [-0.25, -0.2) is 13.1 Å². The molecule has 1 saturated carbocycles. The van der Waals surface area contributed by atoms with E-state index in [1.54, 1.807) is 0 Å². The van der Waals surface area contributed by atoms with E-state index < -0.39 is 15.6 Å². The van der Waals surface area contributed by atoms with Gasteiger partial charge in [0.25, 0.3) is 0 Å². The summed E-state index contributed by atoms with van der Waals surface area (Å²) in [7, 11) is -3.38. The van der Waals surface area contributed by atoms with Gasteiger partial charge in [-0.15, -0.1) is 0 Å². The van der Waals surface area contributed by atoms with Gasteiger partial charge in [-0.1, -0.05) is 34.6 Å². The Bertz CT molecular complexity index is 521. The standard InChI is InChI=1S/C11H12BrNO2S/c1-2-16(14,15)13-11(6-7-11)9-4-3-5-10(12)8-9/h2-5,8,13H,1,6-7H2. The van der Waals surface area contributed by atoms with E-state index in [-0.39, 0.29) is 0 Å². The Morgan fingerprint density at radius 2 is 2.12 bits per heavy atom. The second kappa shape index (κ2) is 3.98. The van der Waals surface area contributed by atoms with Gasteiger partial charge in [-0.2, -0.15) is 0 Å². The fraction of sp³-hybridized carbons (Fsp3) is 0.273. The zero-order valence-corrected chi connectivity index (χ0v) is 11.0. The first-order chi connectivity index (χ1) is 7.47. The van der Waals surface area contributed by atoms with E-state index in [9.17, 15) is 8.42 Å². The molecule has 1 N–H and O–H groups in total. The summed E-state index contributed by atoms with van der Waals surface area (Å²) in [6, 6.07) is 7.70. The number of hydrogen-bond acceptors (Lipinski definition) is 2. The van der Waals surface area contributed by atoms with Crippen molar-refractivity contribution in [3.8, 4) is 0 Å². The quantitative estimate of drug-likeness (QED) is 0.929. The van der Waals surface area contributed by atoms with Crippen molar-refractivity contribution in [3.63, 3.8) is 0 Å². The van der Waals surface area contributed by atoms with E-state index in [1.165, 1.54) is 0 Å². The van der Waals surface area contributed by atoms with Crippen LogP contribution in [0.15, 0.2) is 40.7 Å². The molecule has 0 aromatic heterocycles. The molecule has 1 fully saturated rings. The maximum absolute atomic E-state index is 11.5. The van der Waals surface area contributed by atoms with Crippen LogP contribution in [0.1, 0.15) is 18.4 Å². The van der Waals surface area contributed by atoms with Crippen LogP contribution in [0.4, 0.5) is 0 Å². The minimum atomic E-state index is -3.38. The average molecular weight is 302 g/mol. The molecule has 2 rings (SSSR count). The van der Waals surface area contributed by atoms with Crippen molar-refractivity contribution in [2.75, 3.05) is 0 Å². The van der Waals surface area contributed by atoms with Gasteiger partial charge >= 0.3 is 0 Å². The number of sulfonamides is 1. The largest absolute Gasteiger partial charge is 0.233 e. The molecule has 0 unspecified atom stereocenters. The van der Waals surface area contributed by atoms with Gasteiger partial charge in [-0.05, 0) is 30.5 Å². The molecule has 5 heteroatoms. The monoisotopic (exact) mass is 301 g/mol. The van der Waals surface area contributed by atoms with Gasteiger partial charge in [-0.3, -0.25) is 0 Å². The zero-order chi connectivity index (χ0) is 11.8. The Kier molecular flexibility index (Phi) is 2.94. The third-order valence-corrected chi connectivity index (χ3v) is 4.29. The van der Waals surface area contributed by atoms with Crippen molar-refractivity contribution >= 4 is 26.0 Å². The van der Waals surface area contributed by atoms with Crippen molar-refractivity contribution in [1.29, 1.82) is 0 Å². The molecule has 16 heavy (non-hydrogen) atoms. The fourth-order valence-electron chi connectivity index (χ4n) is 1.67. The smallest absolute Gasteiger partial charge is 0.208 e. The normalized spacial score (nSPS) is 18.1. The summed E-state index contributed by atoms with van der Waals surface area (Å²) < 4.78 is 26.6. The van der Waals surface area contributed by atoms with Crippen molar-refractivity contribution in [2.24, 2.45) is 0 Å². The van der Waals surface area contributed by atoms with Crippen LogP contribution < -0.4 is 4.72 Å². The van der Waals surface area contributed by atoms with Crippen LogP contribution in [-0.2, 0) is 15.6 Å². The summed E-state index contributed by atoms with van der Waals surface area (Å²) in [5.74, 6) is 0. The Labute approximate surface area is 104 Å². The number of benzene rings is 1. The highest BCUT2D eigenvalue weighted by Gasteiger charge is 2.46. The predicted molar refractivity (Wildman–Crippen MR) is 67.3 cm³/mol. The lowest BCUT2D eigenvalue weighted by Gasteiger charge is -2.16. The lowest BCUT2D eigenvalue weighted by Crippen LogP contribution is -2.33. The number of rotatable bonds is 4. The molecular formula is C11H12BrNO2S. The summed E-state index contributed by atoms with van der Waals surface area (Å²) in [5.41, 5.74) is 0.573. The summed E-state index contributed by atoms with van der Waals surface area (Å²) in [6.07, 6.45) is 1.66. The van der Waals surface area contributed by atoms with E-state index in [0.717, 1.165) is 28.3 Å². The van der Waals surface area contributed by atoms with E-state index in [1.807, 2.05) is 24.3 Å². The third-order valence-electron chi connectivity index (χ3n) is 2.68. The molecule has 1 aliphatic carbocycles. The second-order valence-corrected chi connectivity index (χ2v) is 6.45. The molecule has 1 aromatic carbocycles. The Hall–Kier alpha value is -0.650. The number of halogens is 1. The molecule has 1 aliphatic rings. The Morgan fingerprint density at radius 1 is 1.44 bits per heavy atom. The lowest BCUT2D eigenvalue weighted by atomic mass is 10.1. The molecule has 0 atom stereocenters. The summed E-state index contributed by atoms with van der Waals surface area (Å²) >= 11 is 3.38. The molecule has 0 aliphatic heterocycles. The first kappa shape index (κ1) is 11.8. The third kappa shape index (κ3) is 2.36. The lowest BCUT2D eigenvalue weighted by molar-refractivity contribution is 0.560. The first-order valence-electron chi connectivity index (χ1n) is 4.90. The topological polar surface area (TPSA) is 46.2 Å². The molecule has 86 valence electrons. The van der Waals surface area contributed by atoms with E-state index in [2.05, 4.69) is 27.2 Å². The van der Waals surface area contributed by atoms with Crippen molar-refractivity contribution in [3.05, 3.63) is 46.3 Å². The van der Waals surface area contributed by atoms with E-state index in [4.69, 9.17) is 0 Å². The fourth-order valence-corrected chi connectivity index (χ4v) is 3.02. The molecule has 0 saturated heterocycles. The van der Waals surface area contributed by atoms with Gasteiger partial charge in [0.2, 0.25) is 10.0 Å². The van der Waals surface area contributed by atoms with Gasteiger partial charge in [0.15, 0.2) is 0 Å². The highest BCUT2D eigenvalue weighted by atomic mass is 79.9. The van der Waals surface area contributed by atoms with Gasteiger partial charge in [0.05, 0.1) is 5.54 Å². The SMILES string of the molecule is C=CS(=O)(=O)NC1(c2cccc(Br)c2)CC1. The first-order valence-corrected chi connectivity index (χ1v) is 7.24. The maximum Gasteiger partial charge on any atom is 0.233 e. The molecule has 0 amide bonds. The number of nitrogens with one attached hydrogen (secondary N) is 1. The average Bonchev–Trinajstić information content (AvgIpc) is 2.98. The number of hydrogen-bond donors (Lipinski definition) is 1. The molecular weight excluding hydrogens is 290 g/mol. The maximum atomic E-state index is 11.5. The molecule has 3 nitrogen and oxygen atoms in total. The van der Waals surface area contributed by atoms with Crippen molar-refractivity contribution in [1.82, 2.24) is 4.72 Å². The van der Waals surface area contributed by atoms with Gasteiger partial charge in [0.1, 0.15) is 0 Å². The zero-order valence-electron chi connectivity index (χ0n) is 8.61. The van der Waals surface area contributed by atoms with Crippen LogP contribution in [0.2, 0.25) is 0 Å². The minimum Gasteiger partial charge on any atom is -0.208 e.